The minimum absolute atomic E-state index is 0.0823. The Morgan fingerprint density at radius 1 is 1.31 bits per heavy atom. The molecular weight excluding hydrogens is 410 g/mol. The predicted molar refractivity (Wildman–Crippen MR) is 118 cm³/mol. The summed E-state index contributed by atoms with van der Waals surface area (Å²) in [7, 11) is 0. The maximum atomic E-state index is 12.5. The second kappa shape index (κ2) is 9.52. The molecule has 1 aliphatic heterocycles. The molecule has 1 aromatic heterocycles. The first-order valence-corrected chi connectivity index (χ1v) is 10.2. The normalized spacial score (nSPS) is 13.1. The van der Waals surface area contributed by atoms with Gasteiger partial charge in [0.15, 0.2) is 19.0 Å². The lowest BCUT2D eigenvalue weighted by Gasteiger charge is -2.18. The van der Waals surface area contributed by atoms with Crippen LogP contribution in [0, 0.1) is 31.1 Å². The quantitative estimate of drug-likeness (QED) is 0.309. The molecule has 8 heteroatoms. The third kappa shape index (κ3) is 5.06. The lowest BCUT2D eigenvalue weighted by molar-refractivity contribution is -0.137. The van der Waals surface area contributed by atoms with Crippen molar-refractivity contribution in [1.29, 1.82) is 5.26 Å². The van der Waals surface area contributed by atoms with Crippen LogP contribution in [0.4, 0.5) is 5.69 Å². The van der Waals surface area contributed by atoms with Gasteiger partial charge in [-0.2, -0.15) is 5.26 Å². The van der Waals surface area contributed by atoms with E-state index in [1.807, 2.05) is 26.0 Å². The van der Waals surface area contributed by atoms with Gasteiger partial charge >= 0.3 is 5.97 Å². The number of nitrogens with zero attached hydrogens (tertiary/aromatic N) is 2. The fourth-order valence-corrected chi connectivity index (χ4v) is 3.46. The highest BCUT2D eigenvalue weighted by Crippen LogP contribution is 2.28. The number of aromatic nitrogens is 1. The number of fused-ring (bicyclic) bond motifs is 1. The molecule has 0 fully saturated rings. The number of hydrogen-bond donors (Lipinski definition) is 1. The first-order valence-electron chi connectivity index (χ1n) is 10.2. The molecule has 1 N–H and O–H groups in total. The van der Waals surface area contributed by atoms with Crippen molar-refractivity contribution in [2.75, 3.05) is 18.5 Å². The van der Waals surface area contributed by atoms with E-state index in [0.29, 0.717) is 17.4 Å². The summed E-state index contributed by atoms with van der Waals surface area (Å²) in [6, 6.07) is 8.33. The zero-order valence-electron chi connectivity index (χ0n) is 18.5. The molecule has 0 aliphatic carbocycles. The number of aryl methyl sites for hydroxylation is 1. The van der Waals surface area contributed by atoms with E-state index >= 15 is 0 Å². The number of ether oxygens (including phenoxy) is 2. The molecule has 0 spiro atoms. The molecule has 1 aromatic carbocycles. The number of rotatable bonds is 7. The number of nitriles is 1. The van der Waals surface area contributed by atoms with E-state index in [4.69, 9.17) is 9.47 Å². The highest BCUT2D eigenvalue weighted by Gasteiger charge is 2.20. The highest BCUT2D eigenvalue weighted by atomic mass is 16.5. The van der Waals surface area contributed by atoms with E-state index in [-0.39, 0.29) is 23.7 Å². The van der Waals surface area contributed by atoms with E-state index in [2.05, 4.69) is 23.7 Å². The van der Waals surface area contributed by atoms with Gasteiger partial charge in [-0.15, -0.1) is 0 Å². The Kier molecular flexibility index (Phi) is 6.79. The van der Waals surface area contributed by atoms with E-state index in [1.54, 1.807) is 6.07 Å². The number of amides is 1. The van der Waals surface area contributed by atoms with Crippen LogP contribution in [0.15, 0.2) is 29.8 Å². The topological polar surface area (TPSA) is 110 Å². The molecule has 166 valence electrons. The summed E-state index contributed by atoms with van der Waals surface area (Å²) in [5.41, 5.74) is 3.19. The molecule has 1 aliphatic rings. The van der Waals surface area contributed by atoms with Crippen molar-refractivity contribution in [3.8, 4) is 11.8 Å². The predicted octanol–water partition coefficient (Wildman–Crippen LogP) is 3.42. The molecule has 32 heavy (non-hydrogen) atoms. The number of carbonyl (C=O) groups excluding carboxylic acids is 3. The van der Waals surface area contributed by atoms with Crippen LogP contribution in [-0.2, 0) is 20.9 Å². The van der Waals surface area contributed by atoms with Crippen molar-refractivity contribution in [3.05, 3.63) is 52.4 Å². The van der Waals surface area contributed by atoms with Crippen LogP contribution in [0.3, 0.4) is 0 Å². The van der Waals surface area contributed by atoms with Crippen molar-refractivity contribution in [3.63, 3.8) is 0 Å². The van der Waals surface area contributed by atoms with Gasteiger partial charge in [0.1, 0.15) is 17.4 Å². The van der Waals surface area contributed by atoms with Crippen molar-refractivity contribution >= 4 is 29.4 Å². The molecule has 0 bridgehead atoms. The Bertz CT molecular complexity index is 1150. The smallest absolute Gasteiger partial charge is 0.349 e. The van der Waals surface area contributed by atoms with Gasteiger partial charge in [-0.05, 0) is 55.7 Å². The summed E-state index contributed by atoms with van der Waals surface area (Å²) in [6.45, 7) is 8.36. The Labute approximate surface area is 186 Å². The first kappa shape index (κ1) is 22.8. The van der Waals surface area contributed by atoms with Crippen molar-refractivity contribution < 1.29 is 23.9 Å². The number of nitrogens with one attached hydrogen (secondary N) is 1. The molecule has 0 saturated heterocycles. The average Bonchev–Trinajstić information content (AvgIpc) is 3.01. The fourth-order valence-electron chi connectivity index (χ4n) is 3.46. The van der Waals surface area contributed by atoms with E-state index in [1.165, 1.54) is 18.2 Å². The van der Waals surface area contributed by atoms with Gasteiger partial charge in [0.25, 0.3) is 5.91 Å². The maximum Gasteiger partial charge on any atom is 0.349 e. The Morgan fingerprint density at radius 3 is 2.75 bits per heavy atom. The minimum Gasteiger partial charge on any atom is -0.482 e. The van der Waals surface area contributed by atoms with Gasteiger partial charge in [0, 0.05) is 23.5 Å². The number of ketones is 1. The zero-order chi connectivity index (χ0) is 23.4. The molecule has 0 unspecified atom stereocenters. The summed E-state index contributed by atoms with van der Waals surface area (Å²) in [6.07, 6.45) is 1.48. The van der Waals surface area contributed by atoms with Crippen molar-refractivity contribution in [2.45, 2.75) is 34.2 Å². The van der Waals surface area contributed by atoms with Crippen LogP contribution in [0.5, 0.6) is 5.75 Å². The molecule has 1 amide bonds. The van der Waals surface area contributed by atoms with Gasteiger partial charge in [0.05, 0.1) is 5.69 Å². The van der Waals surface area contributed by atoms with Gasteiger partial charge < -0.3 is 19.4 Å². The van der Waals surface area contributed by atoms with Gasteiger partial charge in [-0.3, -0.25) is 9.59 Å². The highest BCUT2D eigenvalue weighted by molar-refractivity contribution is 6.03. The number of benzene rings is 1. The average molecular weight is 435 g/mol. The van der Waals surface area contributed by atoms with Crippen LogP contribution < -0.4 is 10.1 Å². The van der Waals surface area contributed by atoms with Crippen LogP contribution >= 0.6 is 0 Å². The van der Waals surface area contributed by atoms with Gasteiger partial charge in [-0.1, -0.05) is 13.8 Å². The second-order valence-electron chi connectivity index (χ2n) is 8.05. The van der Waals surface area contributed by atoms with E-state index in [9.17, 15) is 19.6 Å². The van der Waals surface area contributed by atoms with Crippen LogP contribution in [0.1, 0.15) is 41.2 Å². The third-order valence-electron chi connectivity index (χ3n) is 5.07. The third-order valence-corrected chi connectivity index (χ3v) is 5.07. The molecular formula is C24H25N3O5. The van der Waals surface area contributed by atoms with E-state index in [0.717, 1.165) is 23.5 Å². The standard InChI is InChI=1S/C24H25N3O5/c1-14(2)11-27-15(3)7-18(16(27)4)8-19(10-25)24(30)32-12-21(28)17-5-6-22-20(9-17)26-23(29)13-31-22/h5-9,14H,11-13H2,1-4H3,(H,26,29)/b19-8+. The SMILES string of the molecule is Cc1cc(/C=C(\C#N)C(=O)OCC(=O)c2ccc3c(c2)NC(=O)CO3)c(C)n1CC(C)C. The molecule has 3 rings (SSSR count). The molecule has 0 atom stereocenters. The molecule has 0 radical (unpaired) electrons. The number of hydrogen-bond acceptors (Lipinski definition) is 6. The summed E-state index contributed by atoms with van der Waals surface area (Å²) < 4.78 is 12.5. The van der Waals surface area contributed by atoms with Crippen LogP contribution in [0.25, 0.3) is 6.08 Å². The molecule has 2 aromatic rings. The number of anilines is 1. The van der Waals surface area contributed by atoms with Crippen molar-refractivity contribution in [1.82, 2.24) is 4.57 Å². The monoisotopic (exact) mass is 435 g/mol. The van der Waals surface area contributed by atoms with Crippen molar-refractivity contribution in [2.24, 2.45) is 5.92 Å². The van der Waals surface area contributed by atoms with Crippen LogP contribution in [-0.4, -0.2) is 35.4 Å². The summed E-state index contributed by atoms with van der Waals surface area (Å²) in [4.78, 5) is 36.3. The number of esters is 1. The summed E-state index contributed by atoms with van der Waals surface area (Å²) in [5.74, 6) is -0.739. The van der Waals surface area contributed by atoms with Gasteiger partial charge in [0.2, 0.25) is 0 Å². The Balaban J connectivity index is 1.70. The lowest BCUT2D eigenvalue weighted by atomic mass is 10.1. The number of carbonyl (C=O) groups is 3. The Hall–Kier alpha value is -3.86. The largest absolute Gasteiger partial charge is 0.482 e. The lowest BCUT2D eigenvalue weighted by Crippen LogP contribution is -2.25. The summed E-state index contributed by atoms with van der Waals surface area (Å²) >= 11 is 0. The summed E-state index contributed by atoms with van der Waals surface area (Å²) in [5, 5.41) is 12.1. The second-order valence-corrected chi connectivity index (χ2v) is 8.05. The molecule has 0 saturated carbocycles. The van der Waals surface area contributed by atoms with E-state index < -0.39 is 18.4 Å². The fraction of sp³-hybridized carbons (Fsp3) is 0.333. The minimum atomic E-state index is -0.871. The first-order chi connectivity index (χ1) is 15.2. The number of Topliss-reactive ketones (excluding diaryl/α,β-unsaturated/α-hetero) is 1. The molecule has 2 heterocycles. The van der Waals surface area contributed by atoms with Gasteiger partial charge in [-0.25, -0.2) is 4.79 Å². The van der Waals surface area contributed by atoms with Crippen LogP contribution in [0.2, 0.25) is 0 Å². The molecule has 8 nitrogen and oxygen atoms in total. The maximum absolute atomic E-state index is 12.5. The zero-order valence-corrected chi connectivity index (χ0v) is 18.5. The Morgan fingerprint density at radius 2 is 2.06 bits per heavy atom.